The zero-order valence-corrected chi connectivity index (χ0v) is 16.6. The number of primary amides is 1. The van der Waals surface area contributed by atoms with E-state index in [0.29, 0.717) is 18.8 Å². The van der Waals surface area contributed by atoms with Gasteiger partial charge in [0.15, 0.2) is 0 Å². The van der Waals surface area contributed by atoms with Crippen molar-refractivity contribution in [3.8, 4) is 11.5 Å². The first-order valence-electron chi connectivity index (χ1n) is 9.97. The van der Waals surface area contributed by atoms with Crippen molar-refractivity contribution in [2.24, 2.45) is 11.7 Å². The number of benzene rings is 1. The zero-order valence-electron chi connectivity index (χ0n) is 16.6. The minimum atomic E-state index is -0.347. The number of fused-ring (bicyclic) bond motifs is 3. The Morgan fingerprint density at radius 1 is 1.32 bits per heavy atom. The van der Waals surface area contributed by atoms with Crippen LogP contribution in [-0.4, -0.2) is 47.0 Å². The molecule has 3 heterocycles. The lowest BCUT2D eigenvalue weighted by Gasteiger charge is -2.36. The number of H-pyrrole nitrogens is 1. The molecule has 150 valence electrons. The van der Waals surface area contributed by atoms with Crippen LogP contribution in [0.4, 0.5) is 0 Å². The van der Waals surface area contributed by atoms with Crippen LogP contribution in [0.25, 0.3) is 10.9 Å². The molecular weight excluding hydrogens is 358 g/mol. The molecule has 0 bridgehead atoms. The predicted octanol–water partition coefficient (Wildman–Crippen LogP) is 2.62. The number of aromatic amines is 1. The Labute approximate surface area is 164 Å². The number of nitrogens with one attached hydrogen (secondary N) is 1. The van der Waals surface area contributed by atoms with Crippen molar-refractivity contribution in [1.82, 2.24) is 9.88 Å². The van der Waals surface area contributed by atoms with Crippen LogP contribution in [0.15, 0.2) is 12.1 Å². The van der Waals surface area contributed by atoms with Gasteiger partial charge in [-0.15, -0.1) is 0 Å². The van der Waals surface area contributed by atoms with E-state index in [9.17, 15) is 9.59 Å². The molecule has 2 aliphatic rings. The average molecular weight is 385 g/mol. The maximum Gasteiger partial charge on any atom is 0.270 e. The number of ether oxygens (including phenoxy) is 2. The van der Waals surface area contributed by atoms with E-state index in [1.165, 1.54) is 0 Å². The quantitative estimate of drug-likeness (QED) is 0.845. The van der Waals surface area contributed by atoms with Crippen molar-refractivity contribution >= 4 is 22.7 Å². The first-order valence-corrected chi connectivity index (χ1v) is 9.97. The highest BCUT2D eigenvalue weighted by Crippen LogP contribution is 2.41. The van der Waals surface area contributed by atoms with Crippen LogP contribution in [0.3, 0.4) is 0 Å². The van der Waals surface area contributed by atoms with Gasteiger partial charge in [-0.2, -0.15) is 0 Å². The second-order valence-electron chi connectivity index (χ2n) is 7.88. The minimum absolute atomic E-state index is 0.0582. The molecule has 2 aliphatic heterocycles. The van der Waals surface area contributed by atoms with Gasteiger partial charge in [0.25, 0.3) is 5.91 Å². The van der Waals surface area contributed by atoms with Crippen LogP contribution in [0.5, 0.6) is 11.5 Å². The molecule has 28 heavy (non-hydrogen) atoms. The van der Waals surface area contributed by atoms with Gasteiger partial charge in [-0.3, -0.25) is 9.59 Å². The number of piperidine rings is 1. The number of likely N-dealkylation sites (tertiary alicyclic amines) is 1. The molecule has 2 aromatic rings. The van der Waals surface area contributed by atoms with Crippen LogP contribution in [0.1, 0.15) is 49.7 Å². The van der Waals surface area contributed by atoms with E-state index in [0.717, 1.165) is 47.2 Å². The second kappa shape index (κ2) is 7.04. The summed E-state index contributed by atoms with van der Waals surface area (Å²) in [6.07, 6.45) is 2.40. The third kappa shape index (κ3) is 3.08. The van der Waals surface area contributed by atoms with E-state index in [4.69, 9.17) is 15.2 Å². The molecule has 0 spiro atoms. The number of carbonyl (C=O) groups excluding carboxylic acids is 2. The molecule has 3 atom stereocenters. The van der Waals surface area contributed by atoms with Gasteiger partial charge in [-0.05, 0) is 45.7 Å². The first-order chi connectivity index (χ1) is 13.4. The Hall–Kier alpha value is -2.70. The lowest BCUT2D eigenvalue weighted by molar-refractivity contribution is -0.123. The van der Waals surface area contributed by atoms with E-state index >= 15 is 0 Å². The molecule has 7 nitrogen and oxygen atoms in total. The SMILES string of the molecule is CCOc1cc2c(c3[nH]c(C(=O)N4C[C@H](C(N)=O)CC[C@@H]4C)cc13)O[C@H](C)C2. The number of aromatic nitrogens is 1. The summed E-state index contributed by atoms with van der Waals surface area (Å²) in [7, 11) is 0. The van der Waals surface area contributed by atoms with Gasteiger partial charge in [0.1, 0.15) is 23.3 Å². The third-order valence-corrected chi connectivity index (χ3v) is 5.81. The molecule has 0 aliphatic carbocycles. The summed E-state index contributed by atoms with van der Waals surface area (Å²) in [6.45, 7) is 6.87. The maximum absolute atomic E-state index is 13.2. The molecule has 1 fully saturated rings. The Morgan fingerprint density at radius 2 is 2.11 bits per heavy atom. The summed E-state index contributed by atoms with van der Waals surface area (Å²) in [5, 5.41) is 0.842. The zero-order chi connectivity index (χ0) is 20.0. The van der Waals surface area contributed by atoms with Gasteiger partial charge < -0.3 is 25.1 Å². The van der Waals surface area contributed by atoms with Gasteiger partial charge >= 0.3 is 0 Å². The monoisotopic (exact) mass is 385 g/mol. The fraction of sp³-hybridized carbons (Fsp3) is 0.524. The summed E-state index contributed by atoms with van der Waals surface area (Å²) in [5.74, 6) is 0.784. The van der Waals surface area contributed by atoms with Crippen LogP contribution >= 0.6 is 0 Å². The molecular formula is C21H27N3O4. The van der Waals surface area contributed by atoms with E-state index in [2.05, 4.69) is 4.98 Å². The summed E-state index contributed by atoms with van der Waals surface area (Å²) < 4.78 is 11.8. The molecule has 4 rings (SSSR count). The molecule has 3 N–H and O–H groups in total. The van der Waals surface area contributed by atoms with Crippen LogP contribution in [0, 0.1) is 5.92 Å². The van der Waals surface area contributed by atoms with Crippen molar-refractivity contribution in [1.29, 1.82) is 0 Å². The van der Waals surface area contributed by atoms with Crippen molar-refractivity contribution < 1.29 is 19.1 Å². The van der Waals surface area contributed by atoms with Crippen molar-refractivity contribution in [3.63, 3.8) is 0 Å². The maximum atomic E-state index is 13.2. The second-order valence-corrected chi connectivity index (χ2v) is 7.88. The lowest BCUT2D eigenvalue weighted by Crippen LogP contribution is -2.48. The van der Waals surface area contributed by atoms with E-state index in [1.807, 2.05) is 32.9 Å². The summed E-state index contributed by atoms with van der Waals surface area (Å²) in [6, 6.07) is 3.90. The third-order valence-electron chi connectivity index (χ3n) is 5.81. The summed E-state index contributed by atoms with van der Waals surface area (Å²) >= 11 is 0. The Balaban J connectivity index is 1.73. The molecule has 0 radical (unpaired) electrons. The van der Waals surface area contributed by atoms with Crippen molar-refractivity contribution in [2.45, 2.75) is 52.2 Å². The molecule has 0 unspecified atom stereocenters. The van der Waals surface area contributed by atoms with Crippen LogP contribution in [-0.2, 0) is 11.2 Å². The average Bonchev–Trinajstić information content (AvgIpc) is 3.25. The number of amides is 2. The van der Waals surface area contributed by atoms with Gasteiger partial charge in [0, 0.05) is 30.0 Å². The van der Waals surface area contributed by atoms with E-state index in [-0.39, 0.29) is 29.9 Å². The smallest absolute Gasteiger partial charge is 0.270 e. The van der Waals surface area contributed by atoms with Crippen molar-refractivity contribution in [3.05, 3.63) is 23.4 Å². The Bertz CT molecular complexity index is 935. The van der Waals surface area contributed by atoms with Crippen molar-refractivity contribution in [2.75, 3.05) is 13.2 Å². The highest BCUT2D eigenvalue weighted by molar-refractivity contribution is 6.02. The number of nitrogens with two attached hydrogens (primary N) is 1. The first kappa shape index (κ1) is 18.7. The summed E-state index contributed by atoms with van der Waals surface area (Å²) in [5.41, 5.74) is 7.84. The highest BCUT2D eigenvalue weighted by atomic mass is 16.5. The number of carbonyl (C=O) groups is 2. The number of nitrogens with zero attached hydrogens (tertiary/aromatic N) is 1. The topological polar surface area (TPSA) is 97.7 Å². The van der Waals surface area contributed by atoms with Gasteiger partial charge in [-0.25, -0.2) is 0 Å². The number of rotatable bonds is 4. The van der Waals surface area contributed by atoms with Crippen LogP contribution < -0.4 is 15.2 Å². The van der Waals surface area contributed by atoms with E-state index in [1.54, 1.807) is 4.90 Å². The molecule has 1 aromatic heterocycles. The molecule has 1 aromatic carbocycles. The lowest BCUT2D eigenvalue weighted by atomic mass is 9.92. The van der Waals surface area contributed by atoms with Crippen LogP contribution in [0.2, 0.25) is 0 Å². The molecule has 2 amide bonds. The molecule has 7 heteroatoms. The molecule has 0 saturated carbocycles. The Kier molecular flexibility index (Phi) is 4.69. The number of hydrogen-bond acceptors (Lipinski definition) is 4. The predicted molar refractivity (Wildman–Crippen MR) is 106 cm³/mol. The largest absolute Gasteiger partial charge is 0.493 e. The highest BCUT2D eigenvalue weighted by Gasteiger charge is 2.33. The minimum Gasteiger partial charge on any atom is -0.493 e. The molecule has 1 saturated heterocycles. The van der Waals surface area contributed by atoms with E-state index < -0.39 is 0 Å². The fourth-order valence-corrected chi connectivity index (χ4v) is 4.30. The summed E-state index contributed by atoms with van der Waals surface area (Å²) in [4.78, 5) is 29.9. The fourth-order valence-electron chi connectivity index (χ4n) is 4.30. The number of hydrogen-bond donors (Lipinski definition) is 2. The van der Waals surface area contributed by atoms with Gasteiger partial charge in [0.2, 0.25) is 5.91 Å². The normalized spacial score (nSPS) is 24.1. The Morgan fingerprint density at radius 3 is 2.82 bits per heavy atom. The van der Waals surface area contributed by atoms with Gasteiger partial charge in [0.05, 0.1) is 18.0 Å². The standard InChI is InChI=1S/C21H27N3O4/c1-4-27-17-8-14-7-12(3)28-19(14)18-15(17)9-16(23-18)21(26)24-10-13(20(22)25)6-5-11(24)2/h8-9,11-13,23H,4-7,10H2,1-3H3,(H2,22,25)/t11-,12+,13+/m0/s1. The van der Waals surface area contributed by atoms with Gasteiger partial charge in [-0.1, -0.05) is 0 Å².